The van der Waals surface area contributed by atoms with Crippen molar-refractivity contribution >= 4 is 5.97 Å². The van der Waals surface area contributed by atoms with Crippen LogP contribution in [0.25, 0.3) is 0 Å². The van der Waals surface area contributed by atoms with E-state index in [1.54, 1.807) is 0 Å². The van der Waals surface area contributed by atoms with Gasteiger partial charge < -0.3 is 9.67 Å². The predicted octanol–water partition coefficient (Wildman–Crippen LogP) is 4.63. The molecule has 0 spiro atoms. The summed E-state index contributed by atoms with van der Waals surface area (Å²) in [6.45, 7) is -1.28. The van der Waals surface area contributed by atoms with Crippen LogP contribution in [0.15, 0.2) is 0 Å². The molecule has 0 saturated heterocycles. The van der Waals surface area contributed by atoms with Gasteiger partial charge in [-0.3, -0.25) is 0 Å². The standard InChI is InChI=1S/C21H29N3.C2H3FO2/c1-12-5-17-6-13(1)8-18(7-12)24-19(17)22-23-20(24)21-9-14-2-15(10-21)4-16(3-14)11-21;3-1-2(4)5/h12-18H,1-11H2;1H2,(H,4,5). The van der Waals surface area contributed by atoms with Gasteiger partial charge in [0.05, 0.1) is 0 Å². The summed E-state index contributed by atoms with van der Waals surface area (Å²) < 4.78 is 13.3. The van der Waals surface area contributed by atoms with Gasteiger partial charge in [0.15, 0.2) is 6.67 Å². The smallest absolute Gasteiger partial charge is 0.335 e. The molecule has 8 aliphatic rings. The molecular formula is C23H32FN3O2. The second kappa shape index (κ2) is 6.52. The Kier molecular flexibility index (Phi) is 4.12. The fourth-order valence-corrected chi connectivity index (χ4v) is 8.93. The van der Waals surface area contributed by atoms with E-state index in [-0.39, 0.29) is 0 Å². The summed E-state index contributed by atoms with van der Waals surface area (Å²) in [6, 6.07) is 0.745. The van der Waals surface area contributed by atoms with Crippen LogP contribution in [0.3, 0.4) is 0 Å². The molecule has 6 fully saturated rings. The highest BCUT2D eigenvalue weighted by molar-refractivity contribution is 5.67. The zero-order valence-corrected chi connectivity index (χ0v) is 17.1. The summed E-state index contributed by atoms with van der Waals surface area (Å²) in [6.07, 6.45) is 16.1. The van der Waals surface area contributed by atoms with E-state index in [9.17, 15) is 4.39 Å². The fourth-order valence-electron chi connectivity index (χ4n) is 8.93. The molecule has 6 heteroatoms. The Labute approximate surface area is 171 Å². The van der Waals surface area contributed by atoms with Gasteiger partial charge in [-0.25, -0.2) is 9.18 Å². The van der Waals surface area contributed by atoms with E-state index < -0.39 is 12.6 Å². The first kappa shape index (κ1) is 18.3. The zero-order valence-electron chi connectivity index (χ0n) is 17.1. The number of rotatable bonds is 2. The summed E-state index contributed by atoms with van der Waals surface area (Å²) >= 11 is 0. The number of carbonyl (C=O) groups is 1. The topological polar surface area (TPSA) is 68.0 Å². The first-order valence-corrected chi connectivity index (χ1v) is 11.8. The molecule has 3 heterocycles. The van der Waals surface area contributed by atoms with Crippen molar-refractivity contribution < 1.29 is 14.3 Å². The summed E-state index contributed by atoms with van der Waals surface area (Å²) in [5.74, 6) is 7.18. The first-order chi connectivity index (χ1) is 14.0. The van der Waals surface area contributed by atoms with Crippen LogP contribution < -0.4 is 0 Å². The van der Waals surface area contributed by atoms with Gasteiger partial charge in [-0.05, 0) is 100 Å². The Morgan fingerprint density at radius 2 is 1.41 bits per heavy atom. The number of carboxylic acids is 1. The van der Waals surface area contributed by atoms with Gasteiger partial charge in [-0.15, -0.1) is 10.2 Å². The summed E-state index contributed by atoms with van der Waals surface area (Å²) in [5, 5.41) is 17.2. The lowest BCUT2D eigenvalue weighted by Crippen LogP contribution is -2.50. The van der Waals surface area contributed by atoms with E-state index in [0.717, 1.165) is 41.5 Å². The van der Waals surface area contributed by atoms with Crippen LogP contribution in [-0.4, -0.2) is 32.5 Å². The van der Waals surface area contributed by atoms with Crippen molar-refractivity contribution in [2.45, 2.75) is 88.0 Å². The lowest BCUT2D eigenvalue weighted by molar-refractivity contribution is -0.137. The Morgan fingerprint density at radius 3 is 1.93 bits per heavy atom. The molecule has 9 rings (SSSR count). The molecule has 5 nitrogen and oxygen atoms in total. The van der Waals surface area contributed by atoms with Gasteiger partial charge in [-0.2, -0.15) is 0 Å². The molecule has 0 aromatic carbocycles. The molecule has 2 aliphatic heterocycles. The molecule has 2 unspecified atom stereocenters. The maximum Gasteiger partial charge on any atom is 0.335 e. The number of nitrogens with zero attached hydrogens (tertiary/aromatic N) is 3. The highest BCUT2D eigenvalue weighted by Crippen LogP contribution is 2.62. The first-order valence-electron chi connectivity index (χ1n) is 11.8. The molecular weight excluding hydrogens is 369 g/mol. The molecule has 29 heavy (non-hydrogen) atoms. The van der Waals surface area contributed by atoms with Gasteiger partial charge in [-0.1, -0.05) is 0 Å². The normalized spacial score (nSPS) is 45.5. The Morgan fingerprint density at radius 1 is 0.897 bits per heavy atom. The number of aliphatic carboxylic acids is 1. The third kappa shape index (κ3) is 2.88. The third-order valence-corrected chi connectivity index (χ3v) is 9.19. The Balaban J connectivity index is 0.000000300. The Hall–Kier alpha value is -1.46. The van der Waals surface area contributed by atoms with E-state index in [1.165, 1.54) is 82.3 Å². The molecule has 6 saturated carbocycles. The van der Waals surface area contributed by atoms with Crippen LogP contribution in [0.2, 0.25) is 0 Å². The SMILES string of the molecule is C1C2CC3CC1CC(C2)n1c3nnc1C12CC3CC(CC(C3)C1)C2.O=C(O)CF. The summed E-state index contributed by atoms with van der Waals surface area (Å²) in [4.78, 5) is 8.99. The number of carboxylic acid groups (broad SMARTS) is 1. The molecule has 8 bridgehead atoms. The van der Waals surface area contributed by atoms with Crippen LogP contribution in [0, 0.1) is 29.6 Å². The number of halogens is 1. The highest BCUT2D eigenvalue weighted by atomic mass is 19.1. The number of alkyl halides is 1. The van der Waals surface area contributed by atoms with Crippen LogP contribution in [0.1, 0.15) is 94.2 Å². The van der Waals surface area contributed by atoms with E-state index >= 15 is 0 Å². The van der Waals surface area contributed by atoms with E-state index in [0.29, 0.717) is 5.41 Å². The quantitative estimate of drug-likeness (QED) is 0.784. The second-order valence-corrected chi connectivity index (χ2v) is 11.2. The minimum absolute atomic E-state index is 0.418. The maximum atomic E-state index is 10.5. The molecule has 1 N–H and O–H groups in total. The maximum absolute atomic E-state index is 10.5. The van der Waals surface area contributed by atoms with E-state index in [1.807, 2.05) is 0 Å². The highest BCUT2D eigenvalue weighted by Gasteiger charge is 2.55. The van der Waals surface area contributed by atoms with Gasteiger partial charge in [0, 0.05) is 17.4 Å². The predicted molar refractivity (Wildman–Crippen MR) is 105 cm³/mol. The van der Waals surface area contributed by atoms with Gasteiger partial charge in [0.1, 0.15) is 11.6 Å². The van der Waals surface area contributed by atoms with Crippen LogP contribution in [-0.2, 0) is 10.2 Å². The van der Waals surface area contributed by atoms with E-state index in [4.69, 9.17) is 20.1 Å². The third-order valence-electron chi connectivity index (χ3n) is 9.19. The summed E-state index contributed by atoms with van der Waals surface area (Å²) in [5.41, 5.74) is 0.418. The van der Waals surface area contributed by atoms with Crippen LogP contribution in [0.5, 0.6) is 0 Å². The minimum atomic E-state index is -1.41. The lowest BCUT2D eigenvalue weighted by Gasteiger charge is -2.56. The van der Waals surface area contributed by atoms with Crippen molar-refractivity contribution in [2.75, 3.05) is 6.67 Å². The van der Waals surface area contributed by atoms with Gasteiger partial charge >= 0.3 is 5.97 Å². The molecule has 1 aromatic rings. The molecule has 2 atom stereocenters. The van der Waals surface area contributed by atoms with Crippen molar-refractivity contribution in [3.8, 4) is 0 Å². The van der Waals surface area contributed by atoms with Crippen LogP contribution >= 0.6 is 0 Å². The molecule has 6 aliphatic carbocycles. The second-order valence-electron chi connectivity index (χ2n) is 11.2. The van der Waals surface area contributed by atoms with Crippen molar-refractivity contribution in [3.05, 3.63) is 11.6 Å². The molecule has 158 valence electrons. The Bertz CT molecular complexity index is 772. The molecule has 0 radical (unpaired) electrons. The minimum Gasteiger partial charge on any atom is -0.479 e. The largest absolute Gasteiger partial charge is 0.479 e. The van der Waals surface area contributed by atoms with E-state index in [2.05, 4.69) is 4.57 Å². The number of hydrogen-bond donors (Lipinski definition) is 1. The van der Waals surface area contributed by atoms with Crippen LogP contribution in [0.4, 0.5) is 4.39 Å². The van der Waals surface area contributed by atoms with Crippen molar-refractivity contribution in [2.24, 2.45) is 29.6 Å². The number of aromatic nitrogens is 3. The number of hydrogen-bond acceptors (Lipinski definition) is 3. The molecule has 1 aromatic heterocycles. The van der Waals surface area contributed by atoms with Gasteiger partial charge in [0.2, 0.25) is 0 Å². The molecule has 0 amide bonds. The monoisotopic (exact) mass is 401 g/mol. The average molecular weight is 402 g/mol. The van der Waals surface area contributed by atoms with Crippen molar-refractivity contribution in [1.82, 2.24) is 14.8 Å². The van der Waals surface area contributed by atoms with Crippen molar-refractivity contribution in [1.29, 1.82) is 0 Å². The van der Waals surface area contributed by atoms with Crippen molar-refractivity contribution in [3.63, 3.8) is 0 Å². The fraction of sp³-hybridized carbons (Fsp3) is 0.870. The lowest BCUT2D eigenvalue weighted by atomic mass is 9.49. The van der Waals surface area contributed by atoms with Gasteiger partial charge in [0.25, 0.3) is 0 Å². The average Bonchev–Trinajstić information content (AvgIpc) is 3.06. The summed E-state index contributed by atoms with van der Waals surface area (Å²) in [7, 11) is 0. The zero-order chi connectivity index (χ0) is 19.8.